The van der Waals surface area contributed by atoms with Crippen molar-refractivity contribution in [2.24, 2.45) is 0 Å². The summed E-state index contributed by atoms with van der Waals surface area (Å²) in [6, 6.07) is 0. The summed E-state index contributed by atoms with van der Waals surface area (Å²) in [5.41, 5.74) is 0. The van der Waals surface area contributed by atoms with E-state index in [0.717, 1.165) is 0 Å². The zero-order valence-electron chi connectivity index (χ0n) is 2.57. The molecule has 0 fully saturated rings. The average Bonchev–Trinajstić information content (AvgIpc) is 1.37. The largest absolute Gasteiger partial charge is 0.0991 e. The molecule has 0 aromatic heterocycles. The predicted molar refractivity (Wildman–Crippen MR) is 20.4 cm³/mol. The fourth-order valence-corrected chi connectivity index (χ4v) is 0. The van der Waals surface area contributed by atoms with Gasteiger partial charge in [-0.3, -0.25) is 0 Å². The van der Waals surface area contributed by atoms with Crippen molar-refractivity contribution in [2.45, 2.75) is 0 Å². The molecule has 0 spiro atoms. The van der Waals surface area contributed by atoms with Gasteiger partial charge in [0.1, 0.15) is 0 Å². The van der Waals surface area contributed by atoms with Crippen molar-refractivity contribution in [1.29, 1.82) is 0 Å². The third-order valence-corrected chi connectivity index (χ3v) is 0.167. The number of allylic oxidation sites excluding steroid dienone is 2. The van der Waals surface area contributed by atoms with Crippen molar-refractivity contribution in [3.63, 3.8) is 0 Å². The van der Waals surface area contributed by atoms with E-state index in [9.17, 15) is 0 Å². The molecule has 0 aliphatic rings. The van der Waals surface area contributed by atoms with E-state index in [0.29, 0.717) is 0 Å². The molecule has 0 unspecified atom stereocenters. The molecule has 0 aliphatic carbocycles. The lowest BCUT2D eigenvalue weighted by Crippen LogP contribution is -1.21. The van der Waals surface area contributed by atoms with Gasteiger partial charge in [0.15, 0.2) is 0 Å². The summed E-state index contributed by atoms with van der Waals surface area (Å²) >= 11 is 0. The van der Waals surface area contributed by atoms with Crippen LogP contribution >= 0.6 is 0 Å². The fraction of sp³-hybridized carbons (Fsp3) is 0. The Morgan fingerprint density at radius 1 is 1.00 bits per heavy atom. The fourth-order valence-electron chi connectivity index (χ4n) is 0. The third kappa shape index (κ3) is 1.48. The number of hydrogen-bond acceptors (Lipinski definition) is 0. The first-order valence-electron chi connectivity index (χ1n) is 1.15. The van der Waals surface area contributed by atoms with Crippen LogP contribution in [0, 0.1) is 0 Å². The third-order valence-electron chi connectivity index (χ3n) is 0.167. The lowest BCUT2D eigenvalue weighted by Gasteiger charge is -1.44. The minimum absolute atomic E-state index is 1.64. The first kappa shape index (κ1) is 3.48. The van der Waals surface area contributed by atoms with Crippen LogP contribution in [-0.2, 0) is 0 Å². The lowest BCUT2D eigenvalue weighted by atomic mass is 10.9. The van der Waals surface area contributed by atoms with Crippen molar-refractivity contribution in [2.75, 3.05) is 0 Å². The molecular weight excluding hydrogens is 49.0 g/mol. The standard InChI is InChI=1S/C4H6/c1-3-4-2/h3-4H,1-2H2/i3+1. The van der Waals surface area contributed by atoms with E-state index in [2.05, 4.69) is 13.2 Å². The summed E-state index contributed by atoms with van der Waals surface area (Å²) < 4.78 is 0. The second-order valence-corrected chi connectivity index (χ2v) is 0.471. The van der Waals surface area contributed by atoms with E-state index < -0.39 is 0 Å². The monoisotopic (exact) mass is 55.1 g/mol. The normalized spacial score (nSPS) is 5.00. The molecule has 0 aliphatic heterocycles. The van der Waals surface area contributed by atoms with Gasteiger partial charge in [0, 0.05) is 0 Å². The van der Waals surface area contributed by atoms with Gasteiger partial charge in [-0.05, 0) is 0 Å². The molecule has 0 amide bonds. The van der Waals surface area contributed by atoms with E-state index in [1.54, 1.807) is 12.2 Å². The smallest absolute Gasteiger partial charge is 0.0701 e. The van der Waals surface area contributed by atoms with Gasteiger partial charge in [-0.15, -0.1) is 0 Å². The second-order valence-electron chi connectivity index (χ2n) is 0.471. The van der Waals surface area contributed by atoms with Crippen LogP contribution < -0.4 is 0 Å². The van der Waals surface area contributed by atoms with Crippen LogP contribution in [0.4, 0.5) is 0 Å². The molecule has 0 radical (unpaired) electrons. The van der Waals surface area contributed by atoms with Gasteiger partial charge in [0.2, 0.25) is 0 Å². The zero-order valence-corrected chi connectivity index (χ0v) is 2.57. The molecule has 0 aromatic carbocycles. The Kier molecular flexibility index (Phi) is 2.16. The first-order chi connectivity index (χ1) is 1.91. The van der Waals surface area contributed by atoms with E-state index >= 15 is 0 Å². The van der Waals surface area contributed by atoms with E-state index in [-0.39, 0.29) is 0 Å². The minimum atomic E-state index is 1.64. The molecule has 0 N–H and O–H groups in total. The highest BCUT2D eigenvalue weighted by Crippen LogP contribution is 1.52. The van der Waals surface area contributed by atoms with Crippen LogP contribution in [0.1, 0.15) is 0 Å². The Bertz CT molecular complexity index is 21.0. The van der Waals surface area contributed by atoms with Crippen molar-refractivity contribution in [1.82, 2.24) is 0 Å². The molecule has 0 rings (SSSR count). The molecule has 0 atom stereocenters. The van der Waals surface area contributed by atoms with Crippen molar-refractivity contribution in [3.8, 4) is 0 Å². The van der Waals surface area contributed by atoms with Gasteiger partial charge < -0.3 is 0 Å². The molecule has 22 valence electrons. The molecule has 0 bridgehead atoms. The summed E-state index contributed by atoms with van der Waals surface area (Å²) in [4.78, 5) is 0. The summed E-state index contributed by atoms with van der Waals surface area (Å²) in [6.07, 6.45) is 3.28. The van der Waals surface area contributed by atoms with Gasteiger partial charge >= 0.3 is 0 Å². The molecule has 0 saturated heterocycles. The average molecular weight is 55.1 g/mol. The SMILES string of the molecule is C=C[13CH]=C. The molecule has 0 aromatic rings. The number of hydrogen-bond donors (Lipinski definition) is 0. The molecular formula is C4H6. The van der Waals surface area contributed by atoms with Gasteiger partial charge in [-0.25, -0.2) is 0 Å². The van der Waals surface area contributed by atoms with Crippen molar-refractivity contribution in [3.05, 3.63) is 25.3 Å². The topological polar surface area (TPSA) is 0 Å². The van der Waals surface area contributed by atoms with Crippen molar-refractivity contribution < 1.29 is 0 Å². The van der Waals surface area contributed by atoms with Crippen LogP contribution in [0.25, 0.3) is 0 Å². The number of rotatable bonds is 1. The maximum atomic E-state index is 3.36. The minimum Gasteiger partial charge on any atom is -0.0991 e. The Hall–Kier alpha value is -0.520. The van der Waals surface area contributed by atoms with E-state index in [4.69, 9.17) is 0 Å². The molecule has 4 heavy (non-hydrogen) atoms. The molecule has 0 saturated carbocycles. The highest BCUT2D eigenvalue weighted by Gasteiger charge is 1.29. The molecule has 0 heteroatoms. The van der Waals surface area contributed by atoms with E-state index in [1.165, 1.54) is 0 Å². The Morgan fingerprint density at radius 2 is 1.25 bits per heavy atom. The Labute approximate surface area is 26.5 Å². The van der Waals surface area contributed by atoms with Crippen LogP contribution in [0.2, 0.25) is 0 Å². The van der Waals surface area contributed by atoms with Gasteiger partial charge in [0.25, 0.3) is 0 Å². The lowest BCUT2D eigenvalue weighted by molar-refractivity contribution is 2.15. The van der Waals surface area contributed by atoms with Gasteiger partial charge in [0.05, 0.1) is 0 Å². The van der Waals surface area contributed by atoms with Crippen molar-refractivity contribution >= 4 is 0 Å². The zero-order chi connectivity index (χ0) is 3.41. The van der Waals surface area contributed by atoms with E-state index in [1.807, 2.05) is 0 Å². The molecule has 0 nitrogen and oxygen atoms in total. The summed E-state index contributed by atoms with van der Waals surface area (Å²) in [7, 11) is 0. The summed E-state index contributed by atoms with van der Waals surface area (Å²) in [5.74, 6) is 0. The Balaban J connectivity index is 2.73. The highest BCUT2D eigenvalue weighted by molar-refractivity contribution is 4.88. The predicted octanol–water partition coefficient (Wildman–Crippen LogP) is 1.36. The second kappa shape index (κ2) is 2.48. The van der Waals surface area contributed by atoms with Gasteiger partial charge in [-0.1, -0.05) is 25.3 Å². The van der Waals surface area contributed by atoms with Gasteiger partial charge in [-0.2, -0.15) is 0 Å². The Morgan fingerprint density at radius 3 is 1.25 bits per heavy atom. The van der Waals surface area contributed by atoms with Crippen LogP contribution in [0.15, 0.2) is 25.3 Å². The summed E-state index contributed by atoms with van der Waals surface area (Å²) in [5, 5.41) is 0. The maximum absolute atomic E-state index is 3.36. The van der Waals surface area contributed by atoms with Crippen LogP contribution in [0.3, 0.4) is 0 Å². The quantitative estimate of drug-likeness (QED) is 0.314. The highest BCUT2D eigenvalue weighted by atomic mass is 13.9. The maximum Gasteiger partial charge on any atom is -0.0701 e. The summed E-state index contributed by atoms with van der Waals surface area (Å²) in [6.45, 7) is 6.72. The van der Waals surface area contributed by atoms with Crippen LogP contribution in [0.5, 0.6) is 0 Å². The first-order valence-corrected chi connectivity index (χ1v) is 1.15. The molecule has 0 heterocycles. The van der Waals surface area contributed by atoms with Crippen LogP contribution in [-0.4, -0.2) is 0 Å².